The summed E-state index contributed by atoms with van der Waals surface area (Å²) in [5.74, 6) is 0. The number of aryl methyl sites for hydroxylation is 1. The van der Waals surface area contributed by atoms with Crippen LogP contribution in [0.4, 0.5) is 14.9 Å². The third kappa shape index (κ3) is 4.48. The largest absolute Gasteiger partial charge is 0.336 e. The number of amides is 2. The van der Waals surface area contributed by atoms with Crippen molar-refractivity contribution in [2.75, 3.05) is 18.4 Å². The number of hydrogen-bond acceptors (Lipinski definition) is 5. The second-order valence-electron chi connectivity index (χ2n) is 5.85. The zero-order valence-corrected chi connectivity index (χ0v) is 14.2. The molecule has 3 heterocycles. The number of nitrogens with one attached hydrogen (secondary N) is 2. The predicted molar refractivity (Wildman–Crippen MR) is 91.8 cm³/mol. The molecule has 0 spiro atoms. The van der Waals surface area contributed by atoms with Crippen molar-refractivity contribution < 1.29 is 9.18 Å². The van der Waals surface area contributed by atoms with Gasteiger partial charge in [0.05, 0.1) is 22.6 Å². The van der Waals surface area contributed by atoms with E-state index in [-0.39, 0.29) is 12.1 Å². The van der Waals surface area contributed by atoms with Gasteiger partial charge in [0.25, 0.3) is 0 Å². The number of pyridine rings is 1. The highest BCUT2D eigenvalue weighted by Gasteiger charge is 2.32. The Hall–Kier alpha value is -2.06. The van der Waals surface area contributed by atoms with Crippen LogP contribution in [0.5, 0.6) is 0 Å². The summed E-state index contributed by atoms with van der Waals surface area (Å²) in [5, 5.41) is 8.53. The molecule has 0 aliphatic carbocycles. The zero-order chi connectivity index (χ0) is 16.9. The summed E-state index contributed by atoms with van der Waals surface area (Å²) in [4.78, 5) is 22.4. The number of carbonyl (C=O) groups excluding carboxylic acids is 1. The number of thiazole rings is 1. The van der Waals surface area contributed by atoms with Crippen molar-refractivity contribution in [3.05, 3.63) is 40.6 Å². The summed E-state index contributed by atoms with van der Waals surface area (Å²) < 4.78 is 13.8. The number of urea groups is 1. The number of anilines is 1. The van der Waals surface area contributed by atoms with Gasteiger partial charge in [0.1, 0.15) is 6.17 Å². The Labute approximate surface area is 144 Å². The van der Waals surface area contributed by atoms with Gasteiger partial charge in [-0.2, -0.15) is 0 Å². The third-order valence-electron chi connectivity index (χ3n) is 3.93. The van der Waals surface area contributed by atoms with Crippen LogP contribution in [0, 0.1) is 6.92 Å². The number of halogens is 1. The second-order valence-corrected chi connectivity index (χ2v) is 6.91. The molecule has 1 aliphatic heterocycles. The average molecular weight is 349 g/mol. The Bertz CT molecular complexity index is 680. The van der Waals surface area contributed by atoms with Crippen molar-refractivity contribution in [3.8, 4) is 0 Å². The SMILES string of the molecule is Cc1nc(CN2C[C@@H](F)C[C@H]2CNC(=O)Nc2cccnc2)cs1. The number of nitrogens with zero attached hydrogens (tertiary/aromatic N) is 3. The van der Waals surface area contributed by atoms with Crippen molar-refractivity contribution >= 4 is 23.1 Å². The van der Waals surface area contributed by atoms with Gasteiger partial charge in [0, 0.05) is 37.3 Å². The van der Waals surface area contributed by atoms with E-state index in [9.17, 15) is 9.18 Å². The fourth-order valence-electron chi connectivity index (χ4n) is 2.84. The molecule has 0 radical (unpaired) electrons. The normalized spacial score (nSPS) is 20.9. The molecule has 8 heteroatoms. The number of carbonyl (C=O) groups is 1. The minimum Gasteiger partial charge on any atom is -0.336 e. The number of likely N-dealkylation sites (tertiary alicyclic amines) is 1. The summed E-state index contributed by atoms with van der Waals surface area (Å²) in [6.07, 6.45) is 2.78. The molecular formula is C16H20FN5OS. The fourth-order valence-corrected chi connectivity index (χ4v) is 3.44. The molecule has 2 amide bonds. The molecule has 2 aromatic heterocycles. The lowest BCUT2D eigenvalue weighted by Gasteiger charge is -2.23. The highest BCUT2D eigenvalue weighted by molar-refractivity contribution is 7.09. The molecule has 0 unspecified atom stereocenters. The van der Waals surface area contributed by atoms with E-state index < -0.39 is 6.17 Å². The maximum Gasteiger partial charge on any atom is 0.319 e. The van der Waals surface area contributed by atoms with Gasteiger partial charge in [-0.05, 0) is 25.5 Å². The number of alkyl halides is 1. The molecule has 0 bridgehead atoms. The summed E-state index contributed by atoms with van der Waals surface area (Å²) in [6, 6.07) is 3.17. The molecule has 1 fully saturated rings. The summed E-state index contributed by atoms with van der Waals surface area (Å²) in [5.41, 5.74) is 1.58. The molecule has 6 nitrogen and oxygen atoms in total. The monoisotopic (exact) mass is 349 g/mol. The Kier molecular flexibility index (Phi) is 5.37. The molecule has 0 saturated carbocycles. The summed E-state index contributed by atoms with van der Waals surface area (Å²) in [7, 11) is 0. The average Bonchev–Trinajstić information content (AvgIpc) is 3.12. The first-order chi connectivity index (χ1) is 11.6. The lowest BCUT2D eigenvalue weighted by molar-refractivity contribution is 0.222. The maximum atomic E-state index is 13.8. The second kappa shape index (κ2) is 7.67. The van der Waals surface area contributed by atoms with E-state index in [1.54, 1.807) is 35.9 Å². The van der Waals surface area contributed by atoms with Crippen LogP contribution in [0.1, 0.15) is 17.1 Å². The first-order valence-corrected chi connectivity index (χ1v) is 8.72. The Balaban J connectivity index is 1.51. The van der Waals surface area contributed by atoms with E-state index in [0.717, 1.165) is 10.7 Å². The van der Waals surface area contributed by atoms with E-state index in [1.165, 1.54) is 0 Å². The molecule has 2 N–H and O–H groups in total. The lowest BCUT2D eigenvalue weighted by atomic mass is 10.2. The van der Waals surface area contributed by atoms with Crippen LogP contribution in [0.25, 0.3) is 0 Å². The highest BCUT2D eigenvalue weighted by atomic mass is 32.1. The summed E-state index contributed by atoms with van der Waals surface area (Å²) >= 11 is 1.59. The Morgan fingerprint density at radius 3 is 3.12 bits per heavy atom. The van der Waals surface area contributed by atoms with Crippen molar-refractivity contribution in [3.63, 3.8) is 0 Å². The third-order valence-corrected chi connectivity index (χ3v) is 4.75. The predicted octanol–water partition coefficient (Wildman–Crippen LogP) is 2.58. The van der Waals surface area contributed by atoms with Gasteiger partial charge in [-0.3, -0.25) is 9.88 Å². The molecule has 1 saturated heterocycles. The van der Waals surface area contributed by atoms with Crippen molar-refractivity contribution in [2.24, 2.45) is 0 Å². The molecule has 1 aliphatic rings. The molecule has 3 rings (SSSR count). The molecule has 2 aromatic rings. The fraction of sp³-hybridized carbons (Fsp3) is 0.438. The van der Waals surface area contributed by atoms with E-state index >= 15 is 0 Å². The van der Waals surface area contributed by atoms with Crippen molar-refractivity contribution in [2.45, 2.75) is 32.1 Å². The van der Waals surface area contributed by atoms with Gasteiger partial charge in [0.15, 0.2) is 0 Å². The van der Waals surface area contributed by atoms with E-state index in [1.807, 2.05) is 17.2 Å². The van der Waals surface area contributed by atoms with Crippen molar-refractivity contribution in [1.29, 1.82) is 0 Å². The Morgan fingerprint density at radius 2 is 2.42 bits per heavy atom. The zero-order valence-electron chi connectivity index (χ0n) is 13.4. The number of aromatic nitrogens is 2. The smallest absolute Gasteiger partial charge is 0.319 e. The van der Waals surface area contributed by atoms with Gasteiger partial charge in [-0.25, -0.2) is 14.2 Å². The number of hydrogen-bond donors (Lipinski definition) is 2. The van der Waals surface area contributed by atoms with Gasteiger partial charge in [0.2, 0.25) is 0 Å². The van der Waals surface area contributed by atoms with Crippen LogP contribution in [-0.2, 0) is 6.54 Å². The Morgan fingerprint density at radius 1 is 1.54 bits per heavy atom. The van der Waals surface area contributed by atoms with Crippen LogP contribution >= 0.6 is 11.3 Å². The lowest BCUT2D eigenvalue weighted by Crippen LogP contribution is -2.41. The van der Waals surface area contributed by atoms with E-state index in [4.69, 9.17) is 0 Å². The van der Waals surface area contributed by atoms with Gasteiger partial charge >= 0.3 is 6.03 Å². The van der Waals surface area contributed by atoms with Crippen LogP contribution in [-0.4, -0.2) is 46.2 Å². The maximum absolute atomic E-state index is 13.8. The molecular weight excluding hydrogens is 329 g/mol. The quantitative estimate of drug-likeness (QED) is 0.870. The highest BCUT2D eigenvalue weighted by Crippen LogP contribution is 2.23. The summed E-state index contributed by atoms with van der Waals surface area (Å²) in [6.45, 7) is 3.35. The standard InChI is InChI=1S/C16H20FN5OS/c1-11-20-14(10-24-11)9-22-8-12(17)5-15(22)7-19-16(23)21-13-3-2-4-18-6-13/h2-4,6,10,12,15H,5,7-9H2,1H3,(H2,19,21,23)/t12-,15-/m0/s1. The molecule has 128 valence electrons. The van der Waals surface area contributed by atoms with Gasteiger partial charge in [-0.15, -0.1) is 11.3 Å². The molecule has 0 aromatic carbocycles. The van der Waals surface area contributed by atoms with Crippen molar-refractivity contribution in [1.82, 2.24) is 20.2 Å². The first-order valence-electron chi connectivity index (χ1n) is 7.84. The minimum absolute atomic E-state index is 0.0262. The van der Waals surface area contributed by atoms with E-state index in [0.29, 0.717) is 31.7 Å². The molecule has 2 atom stereocenters. The topological polar surface area (TPSA) is 70.2 Å². The van der Waals surface area contributed by atoms with Crippen LogP contribution in [0.3, 0.4) is 0 Å². The van der Waals surface area contributed by atoms with Crippen LogP contribution in [0.2, 0.25) is 0 Å². The van der Waals surface area contributed by atoms with E-state index in [2.05, 4.69) is 20.6 Å². The minimum atomic E-state index is -0.863. The van der Waals surface area contributed by atoms with Crippen LogP contribution in [0.15, 0.2) is 29.9 Å². The first kappa shape index (κ1) is 16.8. The van der Waals surface area contributed by atoms with Gasteiger partial charge in [-0.1, -0.05) is 0 Å². The number of rotatable bonds is 5. The van der Waals surface area contributed by atoms with Crippen LogP contribution < -0.4 is 10.6 Å². The molecule has 24 heavy (non-hydrogen) atoms. The van der Waals surface area contributed by atoms with Gasteiger partial charge < -0.3 is 10.6 Å².